The van der Waals surface area contributed by atoms with Crippen LogP contribution < -0.4 is 96.6 Å². The van der Waals surface area contributed by atoms with Crippen LogP contribution in [-0.4, -0.2) is 297 Å². The van der Waals surface area contributed by atoms with E-state index in [1.165, 1.54) is 67.6 Å². The quantitative estimate of drug-likeness (QED) is 0.0183. The van der Waals surface area contributed by atoms with Gasteiger partial charge in [-0.1, -0.05) is 95.1 Å². The third-order valence-electron chi connectivity index (χ3n) is 20.1. The monoisotopic (exact) mass is 1880 g/mol. The van der Waals surface area contributed by atoms with Crippen molar-refractivity contribution in [2.24, 2.45) is 17.6 Å². The summed E-state index contributed by atoms with van der Waals surface area (Å²) in [6.45, 7) is 6.95. The predicted molar refractivity (Wildman–Crippen MR) is 470 cm³/mol. The minimum atomic E-state index is -2.23. The molecule has 27 N–H and O–H groups in total. The van der Waals surface area contributed by atoms with E-state index in [4.69, 9.17) is 5.73 Å². The molecule has 4 aromatic rings. The molecular formula is C84H120N18O29S. The van der Waals surface area contributed by atoms with Crippen LogP contribution in [0.3, 0.4) is 0 Å². The number of carbonyl (C=O) groups excluding carboxylic acids is 15. The number of thioether (sulfide) groups is 1. The average molecular weight is 1880 g/mol. The van der Waals surface area contributed by atoms with E-state index in [1.807, 2.05) is 0 Å². The van der Waals surface area contributed by atoms with Crippen molar-refractivity contribution < 1.29 is 132 Å². The number of benzene rings is 3. The lowest BCUT2D eigenvalue weighted by Gasteiger charge is -2.30. The van der Waals surface area contributed by atoms with Crippen LogP contribution in [0.5, 0.6) is 11.5 Å². The summed E-state index contributed by atoms with van der Waals surface area (Å²) in [5.74, 6) is -23.9. The van der Waals surface area contributed by atoms with E-state index in [9.17, 15) is 142 Å². The lowest BCUT2D eigenvalue weighted by molar-refractivity contribution is -0.142. The van der Waals surface area contributed by atoms with Gasteiger partial charge in [-0.15, -0.1) is 11.8 Å². The molecule has 0 radical (unpaired) electrons. The number of aliphatic hydroxyl groups excluding tert-OH is 4. The van der Waals surface area contributed by atoms with E-state index in [0.717, 1.165) is 42.4 Å². The topological polar surface area (TPSA) is 751 Å². The molecule has 16 atom stereocenters. The van der Waals surface area contributed by atoms with Crippen molar-refractivity contribution in [2.75, 3.05) is 44.4 Å². The molecule has 15 amide bonds. The number of hydrogen-bond donors (Lipinski definition) is 26. The number of aromatic nitrogens is 2. The van der Waals surface area contributed by atoms with Crippen LogP contribution >= 0.6 is 11.8 Å². The Morgan fingerprint density at radius 3 is 1.32 bits per heavy atom. The zero-order chi connectivity index (χ0) is 98.6. The standard InChI is InChI=1S/C84H120N18O29S/c1-8-44(4)70(82(129)94-56(35-50-19-23-52(108)24-20-50)76(123)90-54(32-43(2)3)75(122)92-58(36-68(116)117)74(121)88-45(5)14-12-13-29-85)99-81(128)61(40-104)96-77(124)55(34-49-17-21-51(107)22-18-49)91-78(125)59(37-69(118)119)93-80(127)60(39-103)97-84(131)72(47(7)106)100-79(126)57(33-48-15-10-9-11-16-48)95-83(130)71(46(6)105)98-63(110)38-87-73(120)53(25-28-67(114)115)89-65(112)42-132-41-64(111)86-30-31-102-66(113)27-26-62(109)101-102/h9-11,15-24,26-27,43-47,53-61,70-72,103-108H,8,12-14,25,28-42,85H2,1-7H3,(H,86,111)(H,87,120)(H,88,121)(H,89,112)(H,90,123)(H,91,125)(H,92,122)(H,93,127)(H,94,129)(H,95,130)(H,96,124)(H,97,131)(H,98,110)(H,99,128)(H,100,126)(H,101,109)(H,114,115)(H,116,117)(H,118,119)/t44-,45+,46+,47+,53-,54-,55-,56-,57-,58-,59-,60-,61-,70-,71-,72-/m0/s1. The maximum atomic E-state index is 14.7. The summed E-state index contributed by atoms with van der Waals surface area (Å²) in [4.78, 5) is 269. The Bertz CT molecular complexity index is 4710. The highest BCUT2D eigenvalue weighted by Gasteiger charge is 2.40. The number of aromatic amines is 1. The third-order valence-corrected chi connectivity index (χ3v) is 21.0. The zero-order valence-electron chi connectivity index (χ0n) is 73.7. The molecule has 0 bridgehead atoms. The van der Waals surface area contributed by atoms with Gasteiger partial charge in [0.25, 0.3) is 11.1 Å². The number of nitrogens with two attached hydrogens (primary N) is 1. The van der Waals surface area contributed by atoms with Gasteiger partial charge in [0.15, 0.2) is 0 Å². The van der Waals surface area contributed by atoms with E-state index in [0.29, 0.717) is 36.9 Å². The highest BCUT2D eigenvalue weighted by atomic mass is 32.2. The van der Waals surface area contributed by atoms with Crippen molar-refractivity contribution >= 4 is 118 Å². The van der Waals surface area contributed by atoms with Crippen LogP contribution in [0.2, 0.25) is 0 Å². The fourth-order valence-electron chi connectivity index (χ4n) is 12.8. The summed E-state index contributed by atoms with van der Waals surface area (Å²) in [6.07, 6.45) is -6.48. The first-order valence-corrected chi connectivity index (χ1v) is 43.4. The summed E-state index contributed by atoms with van der Waals surface area (Å²) in [5, 5.41) is 130. The summed E-state index contributed by atoms with van der Waals surface area (Å²) in [5.41, 5.74) is 5.38. The number of phenolic OH excluding ortho intramolecular Hbond substituents is 2. The number of H-pyrrole nitrogens is 1. The number of rotatable bonds is 59. The van der Waals surface area contributed by atoms with E-state index in [1.54, 1.807) is 45.9 Å². The van der Waals surface area contributed by atoms with Gasteiger partial charge in [0.05, 0.1) is 62.9 Å². The number of carboxylic acid groups (broad SMARTS) is 3. The molecular weight excluding hydrogens is 1760 g/mol. The molecule has 0 aliphatic rings. The Kier molecular flexibility index (Phi) is 47.8. The second-order valence-corrected chi connectivity index (χ2v) is 32.6. The number of phenols is 2. The number of amides is 15. The molecule has 0 unspecified atom stereocenters. The Hall–Kier alpha value is -13.4. The molecule has 0 saturated heterocycles. The van der Waals surface area contributed by atoms with Gasteiger partial charge in [-0.3, -0.25) is 101 Å². The largest absolute Gasteiger partial charge is 0.508 e. The molecule has 1 aromatic heterocycles. The van der Waals surface area contributed by atoms with Crippen LogP contribution in [0.25, 0.3) is 0 Å². The number of carbonyl (C=O) groups is 18. The summed E-state index contributed by atoms with van der Waals surface area (Å²) in [6, 6.07) is -2.39. The third kappa shape index (κ3) is 40.3. The fourth-order valence-corrected chi connectivity index (χ4v) is 13.4. The molecule has 47 nitrogen and oxygen atoms in total. The maximum absolute atomic E-state index is 14.7. The van der Waals surface area contributed by atoms with Crippen molar-refractivity contribution in [2.45, 2.75) is 223 Å². The van der Waals surface area contributed by atoms with Crippen molar-refractivity contribution in [1.29, 1.82) is 0 Å². The highest BCUT2D eigenvalue weighted by Crippen LogP contribution is 2.18. The van der Waals surface area contributed by atoms with Crippen LogP contribution in [0.15, 0.2) is 101 Å². The van der Waals surface area contributed by atoms with Gasteiger partial charge in [-0.25, -0.2) is 4.68 Å². The van der Waals surface area contributed by atoms with Gasteiger partial charge in [0.1, 0.15) is 84.0 Å². The molecule has 3 aromatic carbocycles. The molecule has 1 heterocycles. The van der Waals surface area contributed by atoms with Crippen molar-refractivity contribution in [1.82, 2.24) is 89.5 Å². The van der Waals surface area contributed by atoms with Gasteiger partial charge < -0.3 is 131 Å². The first kappa shape index (κ1) is 111. The van der Waals surface area contributed by atoms with Gasteiger partial charge >= 0.3 is 17.9 Å². The lowest BCUT2D eigenvalue weighted by atomic mass is 9.96. The van der Waals surface area contributed by atoms with Crippen molar-refractivity contribution in [3.8, 4) is 11.5 Å². The van der Waals surface area contributed by atoms with E-state index in [2.05, 4.69) is 84.9 Å². The number of hydrogen-bond acceptors (Lipinski definition) is 28. The molecule has 726 valence electrons. The normalized spacial score (nSPS) is 14.7. The number of nitrogens with one attached hydrogen (secondary N) is 16. The number of aromatic hydroxyl groups is 2. The van der Waals surface area contributed by atoms with Gasteiger partial charge in [-0.05, 0) is 106 Å². The summed E-state index contributed by atoms with van der Waals surface area (Å²) in [7, 11) is 0. The number of carboxylic acids is 3. The average Bonchev–Trinajstić information content (AvgIpc) is 0.843. The summed E-state index contributed by atoms with van der Waals surface area (Å²) >= 11 is 0.785. The van der Waals surface area contributed by atoms with Crippen LogP contribution in [0.4, 0.5) is 0 Å². The zero-order valence-corrected chi connectivity index (χ0v) is 74.6. The smallest absolute Gasteiger partial charge is 0.305 e. The Labute approximate surface area is 761 Å². The number of nitrogens with zero attached hydrogens (tertiary/aromatic N) is 1. The minimum Gasteiger partial charge on any atom is -0.508 e. The molecule has 0 aliphatic heterocycles. The maximum Gasteiger partial charge on any atom is 0.305 e. The Balaban J connectivity index is 1.53. The number of aliphatic hydroxyl groups is 4. The second kappa shape index (κ2) is 56.9. The molecule has 0 fully saturated rings. The van der Waals surface area contributed by atoms with Crippen LogP contribution in [0.1, 0.15) is 123 Å². The Morgan fingerprint density at radius 2 is 0.833 bits per heavy atom. The predicted octanol–water partition coefficient (Wildman–Crippen LogP) is -7.25. The highest BCUT2D eigenvalue weighted by molar-refractivity contribution is 8.00. The van der Waals surface area contributed by atoms with Crippen molar-refractivity contribution in [3.63, 3.8) is 0 Å². The molecule has 0 saturated carbocycles. The molecule has 0 spiro atoms. The van der Waals surface area contributed by atoms with Crippen LogP contribution in [-0.2, 0) is 112 Å². The lowest BCUT2D eigenvalue weighted by Crippen LogP contribution is -2.63. The van der Waals surface area contributed by atoms with Crippen LogP contribution in [0, 0.1) is 11.8 Å². The number of unbranched alkanes of at least 4 members (excludes halogenated alkanes) is 1. The van der Waals surface area contributed by atoms with Gasteiger partial charge in [0, 0.05) is 50.4 Å². The molecule has 132 heavy (non-hydrogen) atoms. The second-order valence-electron chi connectivity index (χ2n) is 31.6. The Morgan fingerprint density at radius 1 is 0.417 bits per heavy atom. The number of aliphatic carboxylic acids is 3. The van der Waals surface area contributed by atoms with Crippen molar-refractivity contribution in [3.05, 3.63) is 128 Å². The minimum absolute atomic E-state index is 0.0817. The first-order valence-electron chi connectivity index (χ1n) is 42.2. The fraction of sp³-hybridized carbons (Fsp3) is 0.524. The van der Waals surface area contributed by atoms with Gasteiger partial charge in [0.2, 0.25) is 88.6 Å². The van der Waals surface area contributed by atoms with Gasteiger partial charge in [-0.2, -0.15) is 0 Å². The first-order chi connectivity index (χ1) is 62.3. The molecule has 0 aliphatic carbocycles. The molecule has 48 heteroatoms. The van der Waals surface area contributed by atoms with E-state index < -0.39 is 278 Å². The molecule has 4 rings (SSSR count). The SMILES string of the molecule is CC[C@H](C)[C@H](NC(=O)[C@H](CO)NC(=O)[C@H](Cc1ccc(O)cc1)NC(=O)[C@H](CC(=O)O)NC(=O)[C@H](CO)NC(=O)[C@@H](NC(=O)[C@H](Cc1ccccc1)NC(=O)[C@@H](NC(=O)CNC(=O)[C@H](CCC(=O)O)NC(=O)CSCC(=O)NCCn1[nH]c(=O)ccc1=O)[C@@H](C)O)[C@@H](C)O)C(=O)N[C@@H](Cc1ccc(O)cc1)C(=O)N[C@@H](CC(C)C)C(=O)N[C@@H](CC(=O)O)C(=O)N[C@H](C)CCCCN. The summed E-state index contributed by atoms with van der Waals surface area (Å²) < 4.78 is 0.965. The van der Waals surface area contributed by atoms with E-state index in [-0.39, 0.29) is 61.1 Å². The van der Waals surface area contributed by atoms with E-state index >= 15 is 0 Å².